The molecule has 0 aliphatic rings. The summed E-state index contributed by atoms with van der Waals surface area (Å²) in [7, 11) is 3.09. The van der Waals surface area contributed by atoms with Gasteiger partial charge in [-0.3, -0.25) is 4.68 Å². The summed E-state index contributed by atoms with van der Waals surface area (Å²) in [6, 6.07) is 7.19. The van der Waals surface area contributed by atoms with Crippen LogP contribution in [0.4, 0.5) is 11.4 Å². The summed E-state index contributed by atoms with van der Waals surface area (Å²) >= 11 is 5.91. The number of benzene rings is 1. The van der Waals surface area contributed by atoms with E-state index in [0.29, 0.717) is 11.5 Å². The Balaban J connectivity index is 2.02. The topological polar surface area (TPSA) is 94.8 Å². The van der Waals surface area contributed by atoms with E-state index in [1.54, 1.807) is 18.1 Å². The molecule has 0 fully saturated rings. The van der Waals surface area contributed by atoms with Gasteiger partial charge in [0.05, 0.1) is 12.8 Å². The second kappa shape index (κ2) is 6.86. The van der Waals surface area contributed by atoms with Gasteiger partial charge in [0, 0.05) is 24.4 Å². The third-order valence-corrected chi connectivity index (χ3v) is 3.77. The fourth-order valence-corrected chi connectivity index (χ4v) is 2.48. The Morgan fingerprint density at radius 1 is 1.28 bits per heavy atom. The molecule has 0 saturated carbocycles. The molecule has 25 heavy (non-hydrogen) atoms. The lowest BCUT2D eigenvalue weighted by Crippen LogP contribution is -2.10. The van der Waals surface area contributed by atoms with Crippen molar-refractivity contribution in [3.05, 3.63) is 47.0 Å². The summed E-state index contributed by atoms with van der Waals surface area (Å²) in [6.45, 7) is 1.93. The van der Waals surface area contributed by atoms with Crippen LogP contribution in [0.1, 0.15) is 16.1 Å². The number of carbonyl (C=O) groups excluding carboxylic acids is 1. The molecule has 0 radical (unpaired) electrons. The molecule has 1 N–H and O–H groups in total. The average molecular weight is 359 g/mol. The van der Waals surface area contributed by atoms with Crippen LogP contribution in [0.15, 0.2) is 30.6 Å². The maximum atomic E-state index is 11.9. The number of carbonyl (C=O) groups is 1. The maximum Gasteiger partial charge on any atom is 0.360 e. The number of ether oxygens (including phenoxy) is 1. The third-order valence-electron chi connectivity index (χ3n) is 3.59. The number of hydrogen-bond donors (Lipinski definition) is 1. The van der Waals surface area contributed by atoms with Crippen molar-refractivity contribution in [1.82, 2.24) is 25.0 Å². The molecule has 3 rings (SSSR count). The standard InChI is InChI=1S/C16H15ClN6O2/c1-9-10(15-18-8-23(2)22-15)5-4-6-11(9)19-12-7-13(17)20-21-14(12)16(24)25-3/h4-8H,1-3H3,(H,19,20). The Kier molecular flexibility index (Phi) is 4.62. The van der Waals surface area contributed by atoms with Crippen LogP contribution in [0.3, 0.4) is 0 Å². The van der Waals surface area contributed by atoms with Crippen LogP contribution in [0.5, 0.6) is 0 Å². The van der Waals surface area contributed by atoms with Crippen molar-refractivity contribution in [1.29, 1.82) is 0 Å². The van der Waals surface area contributed by atoms with Gasteiger partial charge in [0.25, 0.3) is 0 Å². The van der Waals surface area contributed by atoms with E-state index in [1.807, 2.05) is 25.1 Å². The summed E-state index contributed by atoms with van der Waals surface area (Å²) in [5.74, 6) is 0.00888. The molecule has 1 aromatic carbocycles. The van der Waals surface area contributed by atoms with Crippen LogP contribution >= 0.6 is 11.6 Å². The fraction of sp³-hybridized carbons (Fsp3) is 0.188. The lowest BCUT2D eigenvalue weighted by molar-refractivity contribution is 0.0594. The van der Waals surface area contributed by atoms with Crippen LogP contribution in [-0.4, -0.2) is 38.0 Å². The summed E-state index contributed by atoms with van der Waals surface area (Å²) < 4.78 is 6.37. The smallest absolute Gasteiger partial charge is 0.360 e. The first-order valence-corrected chi connectivity index (χ1v) is 7.71. The largest absolute Gasteiger partial charge is 0.464 e. The van der Waals surface area contributed by atoms with E-state index >= 15 is 0 Å². The Morgan fingerprint density at radius 3 is 2.76 bits per heavy atom. The molecule has 0 unspecified atom stereocenters. The van der Waals surface area contributed by atoms with Crippen molar-refractivity contribution < 1.29 is 9.53 Å². The summed E-state index contributed by atoms with van der Waals surface area (Å²) in [4.78, 5) is 16.2. The predicted molar refractivity (Wildman–Crippen MR) is 92.8 cm³/mol. The Bertz CT molecular complexity index is 940. The zero-order valence-corrected chi connectivity index (χ0v) is 14.6. The van der Waals surface area contributed by atoms with Crippen LogP contribution in [0, 0.1) is 6.92 Å². The van der Waals surface area contributed by atoms with Gasteiger partial charge in [-0.05, 0) is 18.6 Å². The minimum absolute atomic E-state index is 0.0488. The number of aromatic nitrogens is 5. The normalized spacial score (nSPS) is 10.6. The van der Waals surface area contributed by atoms with E-state index in [9.17, 15) is 4.79 Å². The molecule has 8 nitrogen and oxygen atoms in total. The first-order chi connectivity index (χ1) is 12.0. The van der Waals surface area contributed by atoms with Gasteiger partial charge >= 0.3 is 5.97 Å². The van der Waals surface area contributed by atoms with E-state index in [-0.39, 0.29) is 10.8 Å². The van der Waals surface area contributed by atoms with Gasteiger partial charge < -0.3 is 10.1 Å². The van der Waals surface area contributed by atoms with E-state index < -0.39 is 5.97 Å². The van der Waals surface area contributed by atoms with Gasteiger partial charge in [-0.15, -0.1) is 10.2 Å². The third kappa shape index (κ3) is 3.43. The number of hydrogen-bond acceptors (Lipinski definition) is 7. The van der Waals surface area contributed by atoms with E-state index in [2.05, 4.69) is 25.6 Å². The van der Waals surface area contributed by atoms with Crippen LogP contribution in [-0.2, 0) is 11.8 Å². The highest BCUT2D eigenvalue weighted by Gasteiger charge is 2.17. The minimum Gasteiger partial charge on any atom is -0.464 e. The number of halogens is 1. The second-order valence-electron chi connectivity index (χ2n) is 5.27. The number of esters is 1. The maximum absolute atomic E-state index is 11.9. The lowest BCUT2D eigenvalue weighted by atomic mass is 10.1. The lowest BCUT2D eigenvalue weighted by Gasteiger charge is -2.13. The van der Waals surface area contributed by atoms with Crippen molar-refractivity contribution in [2.45, 2.75) is 6.92 Å². The van der Waals surface area contributed by atoms with Crippen LogP contribution in [0.2, 0.25) is 5.15 Å². The molecule has 0 aliphatic carbocycles. The Hall–Kier alpha value is -3.00. The first-order valence-electron chi connectivity index (χ1n) is 7.33. The number of nitrogens with zero attached hydrogens (tertiary/aromatic N) is 5. The zero-order chi connectivity index (χ0) is 18.0. The Morgan fingerprint density at radius 2 is 2.08 bits per heavy atom. The van der Waals surface area contributed by atoms with Gasteiger partial charge in [-0.2, -0.15) is 5.10 Å². The molecule has 2 heterocycles. The molecule has 128 valence electrons. The highest BCUT2D eigenvalue weighted by atomic mass is 35.5. The van der Waals surface area contributed by atoms with E-state index in [1.165, 1.54) is 13.2 Å². The molecule has 3 aromatic rings. The molecule has 0 bridgehead atoms. The molecule has 0 saturated heterocycles. The highest BCUT2D eigenvalue weighted by Crippen LogP contribution is 2.30. The van der Waals surface area contributed by atoms with Gasteiger partial charge in [-0.1, -0.05) is 23.7 Å². The van der Waals surface area contributed by atoms with Gasteiger partial charge in [-0.25, -0.2) is 9.78 Å². The molecule has 0 spiro atoms. The number of aryl methyl sites for hydroxylation is 1. The van der Waals surface area contributed by atoms with Crippen molar-refractivity contribution in [2.75, 3.05) is 12.4 Å². The summed E-state index contributed by atoms with van der Waals surface area (Å²) in [5, 5.41) is 15.2. The van der Waals surface area contributed by atoms with Crippen molar-refractivity contribution in [2.24, 2.45) is 7.05 Å². The van der Waals surface area contributed by atoms with Crippen molar-refractivity contribution in [3.63, 3.8) is 0 Å². The predicted octanol–water partition coefficient (Wildman–Crippen LogP) is 2.76. The number of methoxy groups -OCH3 is 1. The summed E-state index contributed by atoms with van der Waals surface area (Å²) in [6.07, 6.45) is 1.64. The molecule has 0 aliphatic heterocycles. The van der Waals surface area contributed by atoms with Crippen LogP contribution < -0.4 is 5.32 Å². The fourth-order valence-electron chi connectivity index (χ4n) is 2.33. The molecule has 9 heteroatoms. The molecule has 2 aromatic heterocycles. The van der Waals surface area contributed by atoms with Crippen molar-refractivity contribution in [3.8, 4) is 11.4 Å². The van der Waals surface area contributed by atoms with Gasteiger partial charge in [0.15, 0.2) is 16.7 Å². The van der Waals surface area contributed by atoms with Crippen molar-refractivity contribution >= 4 is 28.9 Å². The number of anilines is 2. The van der Waals surface area contributed by atoms with Crippen LogP contribution in [0.25, 0.3) is 11.4 Å². The first kappa shape index (κ1) is 16.8. The summed E-state index contributed by atoms with van der Waals surface area (Å²) in [5.41, 5.74) is 3.00. The number of rotatable bonds is 4. The average Bonchev–Trinajstić information content (AvgIpc) is 3.02. The number of nitrogens with one attached hydrogen (secondary N) is 1. The Labute approximate surface area is 148 Å². The second-order valence-corrected chi connectivity index (χ2v) is 5.65. The van der Waals surface area contributed by atoms with E-state index in [4.69, 9.17) is 16.3 Å². The minimum atomic E-state index is -0.605. The quantitative estimate of drug-likeness (QED) is 0.716. The SMILES string of the molecule is COC(=O)c1nnc(Cl)cc1Nc1cccc(-c2ncn(C)n2)c1C. The molecule has 0 amide bonds. The monoisotopic (exact) mass is 358 g/mol. The molecular weight excluding hydrogens is 344 g/mol. The highest BCUT2D eigenvalue weighted by molar-refractivity contribution is 6.29. The molecular formula is C16H15ClN6O2. The molecule has 0 atom stereocenters. The van der Waals surface area contributed by atoms with E-state index in [0.717, 1.165) is 16.8 Å². The van der Waals surface area contributed by atoms with Gasteiger partial charge in [0.1, 0.15) is 6.33 Å². The zero-order valence-electron chi connectivity index (χ0n) is 13.8. The van der Waals surface area contributed by atoms with Gasteiger partial charge in [0.2, 0.25) is 0 Å².